The van der Waals surface area contributed by atoms with E-state index in [9.17, 15) is 5.11 Å². The SMILES string of the molecule is COC1CC(O)(C2CCC(C)C(C)C2)C1. The molecular formula is C13H24O2. The molecule has 0 radical (unpaired) electrons. The van der Waals surface area contributed by atoms with E-state index in [2.05, 4.69) is 13.8 Å². The fourth-order valence-electron chi connectivity index (χ4n) is 3.26. The third-order valence-electron chi connectivity index (χ3n) is 4.85. The highest BCUT2D eigenvalue weighted by Gasteiger charge is 2.49. The molecule has 2 nitrogen and oxygen atoms in total. The summed E-state index contributed by atoms with van der Waals surface area (Å²) in [5, 5.41) is 10.5. The molecule has 2 heteroatoms. The number of hydrogen-bond acceptors (Lipinski definition) is 2. The largest absolute Gasteiger partial charge is 0.389 e. The number of hydrogen-bond donors (Lipinski definition) is 1. The van der Waals surface area contributed by atoms with E-state index in [1.165, 1.54) is 19.3 Å². The van der Waals surface area contributed by atoms with Gasteiger partial charge in [-0.3, -0.25) is 0 Å². The summed E-state index contributed by atoms with van der Waals surface area (Å²) in [6.07, 6.45) is 5.72. The molecule has 2 rings (SSSR count). The predicted octanol–water partition coefficient (Wildman–Crippen LogP) is 2.60. The van der Waals surface area contributed by atoms with Crippen LogP contribution in [0.15, 0.2) is 0 Å². The normalized spacial score (nSPS) is 51.2. The van der Waals surface area contributed by atoms with Crippen LogP contribution in [-0.4, -0.2) is 23.9 Å². The second kappa shape index (κ2) is 4.06. The minimum Gasteiger partial charge on any atom is -0.389 e. The molecule has 2 saturated carbocycles. The van der Waals surface area contributed by atoms with Crippen molar-refractivity contribution >= 4 is 0 Å². The Kier molecular flexibility index (Phi) is 3.09. The maximum Gasteiger partial charge on any atom is 0.0725 e. The van der Waals surface area contributed by atoms with E-state index >= 15 is 0 Å². The van der Waals surface area contributed by atoms with Crippen LogP contribution in [0.4, 0.5) is 0 Å². The molecule has 0 heterocycles. The first kappa shape index (κ1) is 11.4. The summed E-state index contributed by atoms with van der Waals surface area (Å²) in [4.78, 5) is 0. The van der Waals surface area contributed by atoms with Gasteiger partial charge in [0.1, 0.15) is 0 Å². The van der Waals surface area contributed by atoms with Crippen LogP contribution in [0.2, 0.25) is 0 Å². The Morgan fingerprint density at radius 3 is 2.33 bits per heavy atom. The van der Waals surface area contributed by atoms with Crippen LogP contribution >= 0.6 is 0 Å². The topological polar surface area (TPSA) is 29.5 Å². The molecule has 0 aliphatic heterocycles. The Morgan fingerprint density at radius 2 is 1.80 bits per heavy atom. The summed E-state index contributed by atoms with van der Waals surface area (Å²) in [6, 6.07) is 0. The van der Waals surface area contributed by atoms with Gasteiger partial charge in [-0.2, -0.15) is 0 Å². The lowest BCUT2D eigenvalue weighted by molar-refractivity contribution is -0.169. The van der Waals surface area contributed by atoms with Crippen LogP contribution in [0.25, 0.3) is 0 Å². The maximum atomic E-state index is 10.5. The molecule has 3 atom stereocenters. The molecule has 0 aromatic heterocycles. The van der Waals surface area contributed by atoms with Gasteiger partial charge in [-0.15, -0.1) is 0 Å². The van der Waals surface area contributed by atoms with Gasteiger partial charge >= 0.3 is 0 Å². The van der Waals surface area contributed by atoms with Crippen molar-refractivity contribution in [2.75, 3.05) is 7.11 Å². The van der Waals surface area contributed by atoms with Gasteiger partial charge in [-0.05, 0) is 30.6 Å². The average Bonchev–Trinajstić information content (AvgIpc) is 2.17. The summed E-state index contributed by atoms with van der Waals surface area (Å²) in [7, 11) is 1.75. The Morgan fingerprint density at radius 1 is 1.13 bits per heavy atom. The first-order chi connectivity index (χ1) is 7.05. The highest BCUT2D eigenvalue weighted by molar-refractivity contribution is 5.01. The first-order valence-corrected chi connectivity index (χ1v) is 6.30. The van der Waals surface area contributed by atoms with Crippen LogP contribution < -0.4 is 0 Å². The summed E-state index contributed by atoms with van der Waals surface area (Å²) >= 11 is 0. The van der Waals surface area contributed by atoms with Gasteiger partial charge in [0.2, 0.25) is 0 Å². The summed E-state index contributed by atoms with van der Waals surface area (Å²) in [6.45, 7) is 4.66. The summed E-state index contributed by atoms with van der Waals surface area (Å²) in [5.41, 5.74) is -0.394. The minimum absolute atomic E-state index is 0.310. The van der Waals surface area contributed by atoms with Crippen molar-refractivity contribution in [1.29, 1.82) is 0 Å². The third-order valence-corrected chi connectivity index (χ3v) is 4.85. The molecule has 88 valence electrons. The smallest absolute Gasteiger partial charge is 0.0725 e. The maximum absolute atomic E-state index is 10.5. The molecule has 15 heavy (non-hydrogen) atoms. The summed E-state index contributed by atoms with van der Waals surface area (Å²) in [5.74, 6) is 2.13. The molecule has 0 aromatic rings. The van der Waals surface area contributed by atoms with Crippen molar-refractivity contribution in [3.63, 3.8) is 0 Å². The number of aliphatic hydroxyl groups is 1. The third kappa shape index (κ3) is 2.07. The van der Waals surface area contributed by atoms with Gasteiger partial charge < -0.3 is 9.84 Å². The molecular weight excluding hydrogens is 188 g/mol. The van der Waals surface area contributed by atoms with E-state index in [4.69, 9.17) is 4.74 Å². The summed E-state index contributed by atoms with van der Waals surface area (Å²) < 4.78 is 5.26. The molecule has 2 aliphatic rings. The van der Waals surface area contributed by atoms with Crippen LogP contribution in [0.5, 0.6) is 0 Å². The van der Waals surface area contributed by atoms with Crippen molar-refractivity contribution in [3.05, 3.63) is 0 Å². The van der Waals surface area contributed by atoms with Gasteiger partial charge in [0, 0.05) is 20.0 Å². The fourth-order valence-corrected chi connectivity index (χ4v) is 3.26. The fraction of sp³-hybridized carbons (Fsp3) is 1.00. The monoisotopic (exact) mass is 212 g/mol. The molecule has 1 N–H and O–H groups in total. The van der Waals surface area contributed by atoms with E-state index < -0.39 is 5.60 Å². The van der Waals surface area contributed by atoms with Crippen LogP contribution in [0.3, 0.4) is 0 Å². The lowest BCUT2D eigenvalue weighted by Crippen LogP contribution is -2.54. The number of rotatable bonds is 2. The molecule has 2 fully saturated rings. The van der Waals surface area contributed by atoms with Gasteiger partial charge in [0.15, 0.2) is 0 Å². The van der Waals surface area contributed by atoms with Crippen molar-refractivity contribution < 1.29 is 9.84 Å². The van der Waals surface area contributed by atoms with Crippen molar-refractivity contribution in [1.82, 2.24) is 0 Å². The first-order valence-electron chi connectivity index (χ1n) is 6.30. The molecule has 0 amide bonds. The lowest BCUT2D eigenvalue weighted by atomic mass is 9.61. The van der Waals surface area contributed by atoms with Crippen molar-refractivity contribution in [2.24, 2.45) is 17.8 Å². The Hall–Kier alpha value is -0.0800. The number of methoxy groups -OCH3 is 1. The van der Waals surface area contributed by atoms with Crippen LogP contribution in [0.1, 0.15) is 46.0 Å². The molecule has 0 aromatic carbocycles. The molecule has 3 unspecified atom stereocenters. The second-order valence-electron chi connectivity index (χ2n) is 5.83. The Balaban J connectivity index is 1.90. The Labute approximate surface area is 93.0 Å². The molecule has 0 saturated heterocycles. The van der Waals surface area contributed by atoms with E-state index in [0.717, 1.165) is 24.7 Å². The van der Waals surface area contributed by atoms with Crippen molar-refractivity contribution in [3.8, 4) is 0 Å². The molecule has 0 spiro atoms. The number of ether oxygens (including phenoxy) is 1. The zero-order chi connectivity index (χ0) is 11.1. The van der Waals surface area contributed by atoms with Gasteiger partial charge in [0.25, 0.3) is 0 Å². The zero-order valence-corrected chi connectivity index (χ0v) is 10.2. The van der Waals surface area contributed by atoms with Gasteiger partial charge in [-0.1, -0.05) is 20.3 Å². The van der Waals surface area contributed by atoms with Crippen LogP contribution in [-0.2, 0) is 4.74 Å². The molecule has 0 bridgehead atoms. The van der Waals surface area contributed by atoms with Gasteiger partial charge in [-0.25, -0.2) is 0 Å². The predicted molar refractivity (Wildman–Crippen MR) is 60.6 cm³/mol. The lowest BCUT2D eigenvalue weighted by Gasteiger charge is -2.50. The van der Waals surface area contributed by atoms with E-state index in [-0.39, 0.29) is 0 Å². The van der Waals surface area contributed by atoms with Gasteiger partial charge in [0.05, 0.1) is 11.7 Å². The van der Waals surface area contributed by atoms with Crippen LogP contribution in [0, 0.1) is 17.8 Å². The second-order valence-corrected chi connectivity index (χ2v) is 5.83. The standard InChI is InChI=1S/C13H24O2/c1-9-4-5-11(6-10(9)2)13(14)7-12(8-13)15-3/h9-12,14H,4-8H2,1-3H3. The van der Waals surface area contributed by atoms with E-state index in [1.807, 2.05) is 0 Å². The minimum atomic E-state index is -0.394. The van der Waals surface area contributed by atoms with E-state index in [1.54, 1.807) is 7.11 Å². The van der Waals surface area contributed by atoms with E-state index in [0.29, 0.717) is 12.0 Å². The van der Waals surface area contributed by atoms with Crippen molar-refractivity contribution in [2.45, 2.75) is 57.7 Å². The highest BCUT2D eigenvalue weighted by Crippen LogP contribution is 2.48. The average molecular weight is 212 g/mol. The zero-order valence-electron chi connectivity index (χ0n) is 10.2. The Bertz CT molecular complexity index is 221. The molecule has 2 aliphatic carbocycles. The quantitative estimate of drug-likeness (QED) is 0.762. The highest BCUT2D eigenvalue weighted by atomic mass is 16.5.